The summed E-state index contributed by atoms with van der Waals surface area (Å²) in [5.41, 5.74) is 1.03. The number of hydrogen-bond acceptors (Lipinski definition) is 3. The predicted octanol–water partition coefficient (Wildman–Crippen LogP) is 3.55. The van der Waals surface area contributed by atoms with Gasteiger partial charge in [0.05, 0.1) is 5.54 Å². The van der Waals surface area contributed by atoms with E-state index < -0.39 is 23.3 Å². The van der Waals surface area contributed by atoms with E-state index in [9.17, 15) is 14.4 Å². The molecule has 2 fully saturated rings. The van der Waals surface area contributed by atoms with Crippen LogP contribution in [0.3, 0.4) is 0 Å². The van der Waals surface area contributed by atoms with E-state index in [0.29, 0.717) is 24.4 Å². The molecule has 1 aliphatic heterocycles. The quantitative estimate of drug-likeness (QED) is 0.792. The van der Waals surface area contributed by atoms with Crippen molar-refractivity contribution in [3.8, 4) is 0 Å². The third-order valence-electron chi connectivity index (χ3n) is 6.08. The minimum absolute atomic E-state index is 0.316. The van der Waals surface area contributed by atoms with Crippen LogP contribution in [0.1, 0.15) is 70.3 Å². The Morgan fingerprint density at radius 2 is 1.69 bits per heavy atom. The molecule has 0 bridgehead atoms. The zero-order valence-electron chi connectivity index (χ0n) is 15.6. The van der Waals surface area contributed by atoms with Gasteiger partial charge in [-0.1, -0.05) is 45.2 Å². The lowest BCUT2D eigenvalue weighted by molar-refractivity contribution is -0.135. The number of rotatable bonds is 5. The van der Waals surface area contributed by atoms with E-state index in [1.54, 1.807) is 0 Å². The van der Waals surface area contributed by atoms with Crippen LogP contribution in [-0.4, -0.2) is 23.1 Å². The largest absolute Gasteiger partial charge is 0.342 e. The van der Waals surface area contributed by atoms with Crippen LogP contribution in [0.15, 0.2) is 24.3 Å². The average molecular weight is 356 g/mol. The number of amides is 2. The summed E-state index contributed by atoms with van der Waals surface area (Å²) in [6.07, 6.45) is 7.30. The third-order valence-corrected chi connectivity index (χ3v) is 6.08. The molecular weight excluding hydrogens is 328 g/mol. The van der Waals surface area contributed by atoms with Crippen LogP contribution in [0.2, 0.25) is 0 Å². The first-order chi connectivity index (χ1) is 12.5. The maximum atomic E-state index is 12.6. The van der Waals surface area contributed by atoms with Gasteiger partial charge in [-0.3, -0.25) is 14.4 Å². The Labute approximate surface area is 154 Å². The van der Waals surface area contributed by atoms with E-state index in [0.717, 1.165) is 0 Å². The van der Waals surface area contributed by atoms with Crippen molar-refractivity contribution in [2.24, 2.45) is 5.92 Å². The summed E-state index contributed by atoms with van der Waals surface area (Å²) in [6, 6.07) is 7.83. The number of hydrogen-bond donors (Lipinski definition) is 2. The van der Waals surface area contributed by atoms with Crippen molar-refractivity contribution in [2.45, 2.75) is 70.3 Å². The van der Waals surface area contributed by atoms with Crippen LogP contribution in [0, 0.1) is 5.92 Å². The number of Topliss-reactive ketones (excluding diaryl/α,β-unsaturated/α-hetero) is 1. The van der Waals surface area contributed by atoms with Crippen molar-refractivity contribution >= 4 is 23.3 Å². The molecule has 140 valence electrons. The summed E-state index contributed by atoms with van der Waals surface area (Å²) in [5, 5.41) is 5.48. The fourth-order valence-electron chi connectivity index (χ4n) is 4.27. The van der Waals surface area contributed by atoms with E-state index in [1.807, 2.05) is 38.1 Å². The Bertz CT molecular complexity index is 686. The highest BCUT2D eigenvalue weighted by atomic mass is 16.2. The van der Waals surface area contributed by atoms with E-state index >= 15 is 0 Å². The molecule has 5 nitrogen and oxygen atoms in total. The van der Waals surface area contributed by atoms with Crippen LogP contribution in [0.4, 0.5) is 5.69 Å². The number of nitrogens with one attached hydrogen (secondary N) is 2. The molecule has 1 atom stereocenters. The third kappa shape index (κ3) is 3.39. The van der Waals surface area contributed by atoms with Crippen LogP contribution < -0.4 is 10.6 Å². The molecule has 1 saturated carbocycles. The molecule has 26 heavy (non-hydrogen) atoms. The number of ketones is 1. The fraction of sp³-hybridized carbons (Fsp3) is 0.571. The highest BCUT2D eigenvalue weighted by Gasteiger charge is 2.53. The molecule has 1 aromatic rings. The predicted molar refractivity (Wildman–Crippen MR) is 101 cm³/mol. The second-order valence-corrected chi connectivity index (χ2v) is 7.52. The Hall–Kier alpha value is -2.17. The van der Waals surface area contributed by atoms with E-state index in [-0.39, 0.29) is 5.78 Å². The average Bonchev–Trinajstić information content (AvgIpc) is 2.93. The van der Waals surface area contributed by atoms with Gasteiger partial charge in [-0.15, -0.1) is 0 Å². The second-order valence-electron chi connectivity index (χ2n) is 7.52. The van der Waals surface area contributed by atoms with Crippen molar-refractivity contribution < 1.29 is 14.4 Å². The van der Waals surface area contributed by atoms with Crippen LogP contribution in [0.25, 0.3) is 0 Å². The summed E-state index contributed by atoms with van der Waals surface area (Å²) in [6.45, 7) is 3.71. The summed E-state index contributed by atoms with van der Waals surface area (Å²) in [7, 11) is 0. The zero-order chi connectivity index (χ0) is 18.7. The molecule has 1 unspecified atom stereocenters. The SMILES string of the molecule is CCC1(CC)NC(=O)C(C(=O)Nc2ccc(C3CCCCC3)cc2)C1=O. The molecule has 2 aliphatic rings. The molecule has 2 amide bonds. The van der Waals surface area contributed by atoms with Gasteiger partial charge in [0.1, 0.15) is 0 Å². The molecule has 5 heteroatoms. The van der Waals surface area contributed by atoms with Gasteiger partial charge in [-0.25, -0.2) is 0 Å². The van der Waals surface area contributed by atoms with Crippen LogP contribution in [-0.2, 0) is 14.4 Å². The molecule has 0 spiro atoms. The summed E-state index contributed by atoms with van der Waals surface area (Å²) in [5.74, 6) is -2.00. The number of carbonyl (C=O) groups is 3. The second kappa shape index (κ2) is 7.60. The monoisotopic (exact) mass is 356 g/mol. The lowest BCUT2D eigenvalue weighted by Crippen LogP contribution is -2.45. The van der Waals surface area contributed by atoms with Gasteiger partial charge >= 0.3 is 0 Å². The normalized spacial score (nSPS) is 22.9. The smallest absolute Gasteiger partial charge is 0.244 e. The van der Waals surface area contributed by atoms with E-state index in [4.69, 9.17) is 0 Å². The standard InChI is InChI=1S/C21H28N2O3/c1-3-21(4-2)18(24)17(20(26)23-21)19(25)22-16-12-10-15(11-13-16)14-8-6-5-7-9-14/h10-14,17H,3-9H2,1-2H3,(H,22,25)(H,23,26). The van der Waals surface area contributed by atoms with Crippen molar-refractivity contribution in [1.29, 1.82) is 0 Å². The molecule has 1 heterocycles. The molecule has 2 N–H and O–H groups in total. The highest BCUT2D eigenvalue weighted by molar-refractivity contribution is 6.27. The maximum absolute atomic E-state index is 12.6. The maximum Gasteiger partial charge on any atom is 0.244 e. The van der Waals surface area contributed by atoms with Crippen molar-refractivity contribution in [2.75, 3.05) is 5.32 Å². The van der Waals surface area contributed by atoms with Crippen molar-refractivity contribution in [3.05, 3.63) is 29.8 Å². The Morgan fingerprint density at radius 1 is 1.08 bits per heavy atom. The van der Waals surface area contributed by atoms with Gasteiger partial charge < -0.3 is 10.6 Å². The van der Waals surface area contributed by atoms with Crippen molar-refractivity contribution in [1.82, 2.24) is 5.32 Å². The van der Waals surface area contributed by atoms with Crippen LogP contribution in [0.5, 0.6) is 0 Å². The Kier molecular flexibility index (Phi) is 5.44. The van der Waals surface area contributed by atoms with Gasteiger partial charge in [-0.2, -0.15) is 0 Å². The molecule has 3 rings (SSSR count). The lowest BCUT2D eigenvalue weighted by Gasteiger charge is -2.24. The molecular formula is C21H28N2O3. The minimum atomic E-state index is -1.26. The number of anilines is 1. The van der Waals surface area contributed by atoms with E-state index in [1.165, 1.54) is 37.7 Å². The van der Waals surface area contributed by atoms with Gasteiger partial charge in [0.25, 0.3) is 0 Å². The molecule has 0 aromatic heterocycles. The number of carbonyl (C=O) groups excluding carboxylic acids is 3. The van der Waals surface area contributed by atoms with Crippen molar-refractivity contribution in [3.63, 3.8) is 0 Å². The molecule has 1 saturated heterocycles. The topological polar surface area (TPSA) is 75.3 Å². The summed E-state index contributed by atoms with van der Waals surface area (Å²) >= 11 is 0. The summed E-state index contributed by atoms with van der Waals surface area (Å²) < 4.78 is 0. The summed E-state index contributed by atoms with van der Waals surface area (Å²) in [4.78, 5) is 37.4. The first-order valence-corrected chi connectivity index (χ1v) is 9.78. The minimum Gasteiger partial charge on any atom is -0.342 e. The Morgan fingerprint density at radius 3 is 2.23 bits per heavy atom. The first kappa shape index (κ1) is 18.6. The van der Waals surface area contributed by atoms with Gasteiger partial charge in [0.2, 0.25) is 11.8 Å². The highest BCUT2D eigenvalue weighted by Crippen LogP contribution is 2.33. The lowest BCUT2D eigenvalue weighted by atomic mass is 9.84. The van der Waals surface area contributed by atoms with Gasteiger partial charge in [-0.05, 0) is 49.3 Å². The molecule has 0 radical (unpaired) electrons. The molecule has 1 aliphatic carbocycles. The van der Waals surface area contributed by atoms with Gasteiger partial charge in [0.15, 0.2) is 11.7 Å². The first-order valence-electron chi connectivity index (χ1n) is 9.78. The fourth-order valence-corrected chi connectivity index (χ4v) is 4.27. The van der Waals surface area contributed by atoms with Gasteiger partial charge in [0, 0.05) is 5.69 Å². The Balaban J connectivity index is 1.68. The molecule has 1 aromatic carbocycles. The zero-order valence-corrected chi connectivity index (χ0v) is 15.6. The van der Waals surface area contributed by atoms with E-state index in [2.05, 4.69) is 10.6 Å². The van der Waals surface area contributed by atoms with Crippen LogP contribution >= 0.6 is 0 Å². The number of benzene rings is 1.